The number of rotatable bonds is 5. The van der Waals surface area contributed by atoms with E-state index in [1.165, 1.54) is 30.6 Å². The average molecular weight is 334 g/mol. The lowest BCUT2D eigenvalue weighted by Crippen LogP contribution is -2.17. The fraction of sp³-hybridized carbons (Fsp3) is 0.294. The Bertz CT molecular complexity index is 706. The fourth-order valence-corrected chi connectivity index (χ4v) is 5.14. The van der Waals surface area contributed by atoms with Crippen LogP contribution >= 0.6 is 34.0 Å². The van der Waals surface area contributed by atoms with Crippen molar-refractivity contribution >= 4 is 34.0 Å². The minimum atomic E-state index is 0.405. The minimum absolute atomic E-state index is 0.405. The van der Waals surface area contributed by atoms with Gasteiger partial charge >= 0.3 is 0 Å². The smallest absolute Gasteiger partial charge is 0.0351 e. The molecule has 21 heavy (non-hydrogen) atoms. The van der Waals surface area contributed by atoms with Gasteiger partial charge in [0.05, 0.1) is 0 Å². The molecule has 0 radical (unpaired) electrons. The van der Waals surface area contributed by atoms with Crippen LogP contribution in [0.3, 0.4) is 0 Å². The van der Waals surface area contributed by atoms with Gasteiger partial charge in [0.25, 0.3) is 0 Å². The van der Waals surface area contributed by atoms with Gasteiger partial charge in [0.2, 0.25) is 0 Å². The zero-order valence-corrected chi connectivity index (χ0v) is 14.9. The monoisotopic (exact) mass is 333 g/mol. The number of hydrogen-bond donors (Lipinski definition) is 1. The molecule has 0 aromatic carbocycles. The van der Waals surface area contributed by atoms with Gasteiger partial charge in [-0.2, -0.15) is 0 Å². The predicted octanol–water partition coefficient (Wildman–Crippen LogP) is 6.01. The largest absolute Gasteiger partial charge is 0.305 e. The molecule has 0 saturated carbocycles. The molecule has 0 fully saturated rings. The van der Waals surface area contributed by atoms with E-state index in [0.717, 1.165) is 6.54 Å². The summed E-state index contributed by atoms with van der Waals surface area (Å²) in [5.41, 5.74) is 2.79. The molecule has 1 nitrogen and oxygen atoms in total. The van der Waals surface area contributed by atoms with Crippen LogP contribution in [0.5, 0.6) is 0 Å². The molecule has 0 bridgehead atoms. The van der Waals surface area contributed by atoms with Crippen molar-refractivity contribution in [2.24, 2.45) is 0 Å². The van der Waals surface area contributed by atoms with Crippen LogP contribution in [0.4, 0.5) is 0 Å². The summed E-state index contributed by atoms with van der Waals surface area (Å²) in [4.78, 5) is 5.58. The van der Waals surface area contributed by atoms with Crippen molar-refractivity contribution in [3.8, 4) is 10.4 Å². The summed E-state index contributed by atoms with van der Waals surface area (Å²) in [6, 6.07) is 9.32. The second-order valence-electron chi connectivity index (χ2n) is 5.25. The molecule has 3 aromatic rings. The zero-order chi connectivity index (χ0) is 14.8. The van der Waals surface area contributed by atoms with Crippen LogP contribution < -0.4 is 5.32 Å². The van der Waals surface area contributed by atoms with Gasteiger partial charge in [-0.25, -0.2) is 0 Å². The van der Waals surface area contributed by atoms with E-state index >= 15 is 0 Å². The Kier molecular flexibility index (Phi) is 4.60. The third-order valence-electron chi connectivity index (χ3n) is 3.59. The molecule has 3 aromatic heterocycles. The highest BCUT2D eigenvalue weighted by molar-refractivity contribution is 7.14. The highest BCUT2D eigenvalue weighted by Gasteiger charge is 2.11. The summed E-state index contributed by atoms with van der Waals surface area (Å²) in [5.74, 6) is 0. The van der Waals surface area contributed by atoms with Crippen LogP contribution in [0, 0.1) is 13.8 Å². The highest BCUT2D eigenvalue weighted by Crippen LogP contribution is 2.30. The summed E-state index contributed by atoms with van der Waals surface area (Å²) in [6.45, 7) is 7.58. The standard InChI is InChI=1S/C17H19NS3/c1-11-7-16(13(3)21-11)12(2)18-9-15-8-14(10-20-15)17-5-4-6-19-17/h4-8,10,12,18H,9H2,1-3H3. The summed E-state index contributed by atoms with van der Waals surface area (Å²) in [6.07, 6.45) is 0. The molecule has 0 aliphatic rings. The zero-order valence-electron chi connectivity index (χ0n) is 12.5. The second-order valence-corrected chi connectivity index (χ2v) is 8.65. The molecule has 1 N–H and O–H groups in total. The first kappa shape index (κ1) is 15.0. The van der Waals surface area contributed by atoms with Crippen molar-refractivity contribution in [2.75, 3.05) is 0 Å². The van der Waals surface area contributed by atoms with E-state index < -0.39 is 0 Å². The van der Waals surface area contributed by atoms with Gasteiger partial charge in [0, 0.05) is 37.7 Å². The van der Waals surface area contributed by atoms with E-state index in [9.17, 15) is 0 Å². The summed E-state index contributed by atoms with van der Waals surface area (Å²) < 4.78 is 0. The van der Waals surface area contributed by atoms with Crippen LogP contribution in [0.15, 0.2) is 35.0 Å². The Hall–Kier alpha value is -0.940. The molecule has 0 spiro atoms. The number of aryl methyl sites for hydroxylation is 2. The fourth-order valence-electron chi connectivity index (χ4n) is 2.49. The van der Waals surface area contributed by atoms with E-state index in [0.29, 0.717) is 6.04 Å². The lowest BCUT2D eigenvalue weighted by atomic mass is 10.1. The maximum Gasteiger partial charge on any atom is 0.0351 e. The normalized spacial score (nSPS) is 12.7. The van der Waals surface area contributed by atoms with E-state index in [4.69, 9.17) is 0 Å². The van der Waals surface area contributed by atoms with E-state index in [1.807, 2.05) is 22.7 Å². The molecule has 3 rings (SSSR count). The Labute approximate surface area is 138 Å². The van der Waals surface area contributed by atoms with Crippen molar-refractivity contribution in [1.29, 1.82) is 0 Å². The Balaban J connectivity index is 1.64. The topological polar surface area (TPSA) is 12.0 Å². The molecule has 3 heterocycles. The maximum absolute atomic E-state index is 3.65. The first-order valence-electron chi connectivity index (χ1n) is 7.05. The van der Waals surface area contributed by atoms with Gasteiger partial charge in [0.15, 0.2) is 0 Å². The predicted molar refractivity (Wildman–Crippen MR) is 96.7 cm³/mol. The van der Waals surface area contributed by atoms with Crippen molar-refractivity contribution in [3.63, 3.8) is 0 Å². The van der Waals surface area contributed by atoms with Gasteiger partial charge in [-0.3, -0.25) is 0 Å². The van der Waals surface area contributed by atoms with Gasteiger partial charge in [0.1, 0.15) is 0 Å². The van der Waals surface area contributed by atoms with Gasteiger partial charge < -0.3 is 5.32 Å². The lowest BCUT2D eigenvalue weighted by molar-refractivity contribution is 0.578. The van der Waals surface area contributed by atoms with Crippen molar-refractivity contribution in [1.82, 2.24) is 5.32 Å². The Morgan fingerprint density at radius 3 is 2.71 bits per heavy atom. The number of hydrogen-bond acceptors (Lipinski definition) is 4. The molecule has 0 saturated heterocycles. The molecule has 0 aliphatic carbocycles. The highest BCUT2D eigenvalue weighted by atomic mass is 32.1. The van der Waals surface area contributed by atoms with Gasteiger partial charge in [-0.1, -0.05) is 6.07 Å². The first-order chi connectivity index (χ1) is 10.1. The van der Waals surface area contributed by atoms with Gasteiger partial charge in [-0.15, -0.1) is 34.0 Å². The third kappa shape index (κ3) is 3.46. The first-order valence-corrected chi connectivity index (χ1v) is 9.62. The van der Waals surface area contributed by atoms with Crippen molar-refractivity contribution in [3.05, 3.63) is 55.2 Å². The molecule has 110 valence electrons. The molecule has 4 heteroatoms. The summed E-state index contributed by atoms with van der Waals surface area (Å²) in [7, 11) is 0. The average Bonchev–Trinajstić information content (AvgIpc) is 3.15. The van der Waals surface area contributed by atoms with Gasteiger partial charge in [-0.05, 0) is 55.3 Å². The Morgan fingerprint density at radius 1 is 1.19 bits per heavy atom. The Morgan fingerprint density at radius 2 is 2.05 bits per heavy atom. The van der Waals surface area contributed by atoms with Crippen LogP contribution in [0.1, 0.15) is 33.2 Å². The van der Waals surface area contributed by atoms with Crippen LogP contribution in [0.25, 0.3) is 10.4 Å². The number of nitrogens with one attached hydrogen (secondary N) is 1. The summed E-state index contributed by atoms with van der Waals surface area (Å²) >= 11 is 5.53. The van der Waals surface area contributed by atoms with Crippen molar-refractivity contribution < 1.29 is 0 Å². The minimum Gasteiger partial charge on any atom is -0.305 e. The SMILES string of the molecule is Cc1cc(C(C)NCc2cc(-c3cccs3)cs2)c(C)s1. The van der Waals surface area contributed by atoms with Crippen LogP contribution in [0.2, 0.25) is 0 Å². The quantitative estimate of drug-likeness (QED) is 0.603. The van der Waals surface area contributed by atoms with Crippen molar-refractivity contribution in [2.45, 2.75) is 33.4 Å². The summed E-state index contributed by atoms with van der Waals surface area (Å²) in [5, 5.41) is 8.04. The molecule has 0 amide bonds. The molecule has 0 aliphatic heterocycles. The number of thiophene rings is 3. The molecule has 1 atom stereocenters. The third-order valence-corrected chi connectivity index (χ3v) is 6.43. The van der Waals surface area contributed by atoms with Crippen LogP contribution in [-0.2, 0) is 6.54 Å². The van der Waals surface area contributed by atoms with E-state index in [-0.39, 0.29) is 0 Å². The molecular weight excluding hydrogens is 314 g/mol. The molecular formula is C17H19NS3. The second kappa shape index (κ2) is 6.44. The van der Waals surface area contributed by atoms with E-state index in [2.05, 4.69) is 61.1 Å². The lowest BCUT2D eigenvalue weighted by Gasteiger charge is -2.13. The molecule has 1 unspecified atom stereocenters. The van der Waals surface area contributed by atoms with E-state index in [1.54, 1.807) is 11.3 Å². The maximum atomic E-state index is 3.65. The van der Waals surface area contributed by atoms with Crippen LogP contribution in [-0.4, -0.2) is 0 Å².